The zero-order chi connectivity index (χ0) is 8.22. The fourth-order valence-corrected chi connectivity index (χ4v) is 2.77. The van der Waals surface area contributed by atoms with Crippen LogP contribution in [0.5, 0.6) is 0 Å². The van der Waals surface area contributed by atoms with Crippen molar-refractivity contribution in [2.75, 3.05) is 6.54 Å². The van der Waals surface area contributed by atoms with Gasteiger partial charge in [0, 0.05) is 18.4 Å². The van der Waals surface area contributed by atoms with Gasteiger partial charge in [-0.2, -0.15) is 0 Å². The number of hydrogen-bond donors (Lipinski definition) is 1. The molecule has 0 aromatic rings. The van der Waals surface area contributed by atoms with E-state index >= 15 is 0 Å². The van der Waals surface area contributed by atoms with Gasteiger partial charge in [-0.25, -0.2) is 0 Å². The first-order valence-electron chi connectivity index (χ1n) is 3.67. The summed E-state index contributed by atoms with van der Waals surface area (Å²) in [6.45, 7) is 2.35. The molecule has 1 heterocycles. The summed E-state index contributed by atoms with van der Waals surface area (Å²) in [5.41, 5.74) is 0. The Bertz CT molecular complexity index is 216. The summed E-state index contributed by atoms with van der Waals surface area (Å²) in [5, 5.41) is 3.09. The third-order valence-corrected chi connectivity index (χ3v) is 3.68. The summed E-state index contributed by atoms with van der Waals surface area (Å²) in [6.07, 6.45) is 0. The van der Waals surface area contributed by atoms with Crippen molar-refractivity contribution < 1.29 is 4.79 Å². The highest BCUT2D eigenvalue weighted by Gasteiger charge is 2.69. The number of rotatable bonds is 1. The van der Waals surface area contributed by atoms with Crippen LogP contribution in [0.4, 0.5) is 0 Å². The van der Waals surface area contributed by atoms with Crippen LogP contribution in [-0.4, -0.2) is 22.7 Å². The molecule has 2 fully saturated rings. The summed E-state index contributed by atoms with van der Waals surface area (Å²) < 4.78 is -0.623. The van der Waals surface area contributed by atoms with Gasteiger partial charge in [0.1, 0.15) is 10.1 Å². The van der Waals surface area contributed by atoms with Gasteiger partial charge in [-0.3, -0.25) is 4.79 Å². The molecule has 0 bridgehead atoms. The Labute approximate surface area is 75.2 Å². The second kappa shape index (κ2) is 2.12. The Morgan fingerprint density at radius 1 is 1.64 bits per heavy atom. The number of nitrogens with one attached hydrogen (secondary N) is 1. The number of halogens is 2. The van der Waals surface area contributed by atoms with Crippen LogP contribution < -0.4 is 5.32 Å². The Hall–Kier alpha value is 0.210. The standard InChI is InChI=1S/C7H9Cl2NO/c1-3(11)6-5-4(2-10-6)7(5,8)9/h4-6,10H,2H2,1H3/t4-,5-,6+/m0/s1. The number of alkyl halides is 2. The average molecular weight is 194 g/mol. The topological polar surface area (TPSA) is 29.1 Å². The number of ketones is 1. The fourth-order valence-electron chi connectivity index (χ4n) is 1.91. The molecule has 1 aliphatic carbocycles. The van der Waals surface area contributed by atoms with Crippen molar-refractivity contribution >= 4 is 29.0 Å². The molecule has 0 radical (unpaired) electrons. The minimum Gasteiger partial charge on any atom is -0.307 e. The number of piperidine rings is 1. The number of carbonyl (C=O) groups is 1. The van der Waals surface area contributed by atoms with Crippen LogP contribution in [0.15, 0.2) is 0 Å². The lowest BCUT2D eigenvalue weighted by Crippen LogP contribution is -2.36. The summed E-state index contributed by atoms with van der Waals surface area (Å²) in [7, 11) is 0. The van der Waals surface area contributed by atoms with Gasteiger partial charge in [-0.1, -0.05) is 0 Å². The third-order valence-electron chi connectivity index (χ3n) is 2.62. The SMILES string of the molecule is CC(=O)[C@H]1NC[C@H]2[C@@H]1C2(Cl)Cl. The zero-order valence-corrected chi connectivity index (χ0v) is 7.62. The molecule has 2 nitrogen and oxygen atoms in total. The van der Waals surface area contributed by atoms with Crippen molar-refractivity contribution in [3.8, 4) is 0 Å². The highest BCUT2D eigenvalue weighted by molar-refractivity contribution is 6.51. The molecule has 62 valence electrons. The van der Waals surface area contributed by atoms with E-state index in [2.05, 4.69) is 5.32 Å². The Balaban J connectivity index is 2.13. The van der Waals surface area contributed by atoms with Gasteiger partial charge in [-0.15, -0.1) is 23.2 Å². The summed E-state index contributed by atoms with van der Waals surface area (Å²) >= 11 is 11.8. The quantitative estimate of drug-likeness (QED) is 0.630. The van der Waals surface area contributed by atoms with Gasteiger partial charge < -0.3 is 5.32 Å². The van der Waals surface area contributed by atoms with E-state index in [4.69, 9.17) is 23.2 Å². The maximum atomic E-state index is 11.0. The van der Waals surface area contributed by atoms with E-state index in [9.17, 15) is 4.79 Å². The van der Waals surface area contributed by atoms with Gasteiger partial charge in [0.25, 0.3) is 0 Å². The second-order valence-corrected chi connectivity index (χ2v) is 4.75. The third kappa shape index (κ3) is 0.930. The molecule has 11 heavy (non-hydrogen) atoms. The lowest BCUT2D eigenvalue weighted by Gasteiger charge is -2.12. The molecule has 0 spiro atoms. The van der Waals surface area contributed by atoms with E-state index in [0.717, 1.165) is 6.54 Å². The normalized spacial score (nSPS) is 45.2. The van der Waals surface area contributed by atoms with Crippen LogP contribution in [-0.2, 0) is 4.79 Å². The maximum Gasteiger partial charge on any atom is 0.147 e. The average Bonchev–Trinajstić information content (AvgIpc) is 2.34. The van der Waals surface area contributed by atoms with Crippen molar-refractivity contribution in [3.05, 3.63) is 0 Å². The van der Waals surface area contributed by atoms with E-state index in [1.54, 1.807) is 6.92 Å². The molecule has 1 N–H and O–H groups in total. The number of hydrogen-bond acceptors (Lipinski definition) is 2. The molecule has 1 aliphatic heterocycles. The van der Waals surface area contributed by atoms with Gasteiger partial charge in [0.2, 0.25) is 0 Å². The predicted octanol–water partition coefficient (Wildman–Crippen LogP) is 0.967. The molecule has 0 unspecified atom stereocenters. The number of carbonyl (C=O) groups excluding carboxylic acids is 1. The number of fused-ring (bicyclic) bond motifs is 1. The van der Waals surface area contributed by atoms with E-state index in [1.807, 2.05) is 0 Å². The first kappa shape index (κ1) is 7.84. The van der Waals surface area contributed by atoms with Crippen molar-refractivity contribution in [3.63, 3.8) is 0 Å². The monoisotopic (exact) mass is 193 g/mol. The molecule has 0 amide bonds. The van der Waals surface area contributed by atoms with Gasteiger partial charge in [0.15, 0.2) is 0 Å². The van der Waals surface area contributed by atoms with Crippen molar-refractivity contribution in [1.82, 2.24) is 5.32 Å². The molecule has 3 atom stereocenters. The molecule has 4 heteroatoms. The lowest BCUT2D eigenvalue weighted by atomic mass is 10.1. The van der Waals surface area contributed by atoms with Crippen LogP contribution >= 0.6 is 23.2 Å². The second-order valence-electron chi connectivity index (χ2n) is 3.30. The van der Waals surface area contributed by atoms with Crippen LogP contribution in [0.1, 0.15) is 6.92 Å². The smallest absolute Gasteiger partial charge is 0.147 e. The Morgan fingerprint density at radius 3 is 2.55 bits per heavy atom. The minimum absolute atomic E-state index is 0.102. The first-order valence-corrected chi connectivity index (χ1v) is 4.42. The van der Waals surface area contributed by atoms with Crippen molar-refractivity contribution in [2.45, 2.75) is 17.3 Å². The van der Waals surface area contributed by atoms with Crippen LogP contribution in [0, 0.1) is 11.8 Å². The highest BCUT2D eigenvalue weighted by Crippen LogP contribution is 2.62. The molecular formula is C7H9Cl2NO. The van der Waals surface area contributed by atoms with Gasteiger partial charge in [0.05, 0.1) is 6.04 Å². The fraction of sp³-hybridized carbons (Fsp3) is 0.857. The largest absolute Gasteiger partial charge is 0.307 e. The van der Waals surface area contributed by atoms with Crippen LogP contribution in [0.3, 0.4) is 0 Å². The van der Waals surface area contributed by atoms with E-state index in [1.165, 1.54) is 0 Å². The number of Topliss-reactive ketones (excluding diaryl/α,β-unsaturated/α-hetero) is 1. The first-order chi connectivity index (χ1) is 5.05. The van der Waals surface area contributed by atoms with Crippen molar-refractivity contribution in [1.29, 1.82) is 0 Å². The Kier molecular flexibility index (Phi) is 1.51. The molecular weight excluding hydrogens is 185 g/mol. The summed E-state index contributed by atoms with van der Waals surface area (Å²) in [6, 6.07) is -0.102. The molecule has 0 aromatic carbocycles. The van der Waals surface area contributed by atoms with Crippen molar-refractivity contribution in [2.24, 2.45) is 11.8 Å². The predicted molar refractivity (Wildman–Crippen MR) is 43.9 cm³/mol. The van der Waals surface area contributed by atoms with Crippen LogP contribution in [0.2, 0.25) is 0 Å². The molecule has 1 saturated heterocycles. The minimum atomic E-state index is -0.623. The molecule has 2 aliphatic rings. The van der Waals surface area contributed by atoms with E-state index < -0.39 is 4.33 Å². The molecule has 1 saturated carbocycles. The maximum absolute atomic E-state index is 11.0. The van der Waals surface area contributed by atoms with E-state index in [0.29, 0.717) is 5.92 Å². The van der Waals surface area contributed by atoms with Gasteiger partial charge in [-0.05, 0) is 6.92 Å². The molecule has 0 aromatic heterocycles. The van der Waals surface area contributed by atoms with Crippen LogP contribution in [0.25, 0.3) is 0 Å². The summed E-state index contributed by atoms with van der Waals surface area (Å²) in [5.74, 6) is 0.587. The Morgan fingerprint density at radius 2 is 2.27 bits per heavy atom. The van der Waals surface area contributed by atoms with E-state index in [-0.39, 0.29) is 17.7 Å². The highest BCUT2D eigenvalue weighted by atomic mass is 35.5. The zero-order valence-electron chi connectivity index (χ0n) is 6.10. The summed E-state index contributed by atoms with van der Waals surface area (Å²) in [4.78, 5) is 11.0. The molecule has 2 rings (SSSR count). The van der Waals surface area contributed by atoms with Gasteiger partial charge >= 0.3 is 0 Å². The lowest BCUT2D eigenvalue weighted by molar-refractivity contribution is -0.119.